The maximum Gasteiger partial charge on any atom is 0.0604 e. The molecule has 0 aromatic rings. The van der Waals surface area contributed by atoms with Gasteiger partial charge < -0.3 is 4.74 Å². The number of methoxy groups -OCH3 is 1. The van der Waals surface area contributed by atoms with E-state index >= 15 is 0 Å². The summed E-state index contributed by atoms with van der Waals surface area (Å²) in [5.74, 6) is 0.727. The second-order valence-electron chi connectivity index (χ2n) is 4.79. The van der Waals surface area contributed by atoms with Crippen molar-refractivity contribution in [2.75, 3.05) is 12.4 Å². The van der Waals surface area contributed by atoms with Crippen molar-refractivity contribution in [3.05, 3.63) is 0 Å². The molecule has 0 saturated heterocycles. The quantitative estimate of drug-likeness (QED) is 0.694. The van der Waals surface area contributed by atoms with Crippen molar-refractivity contribution in [2.24, 2.45) is 11.3 Å². The van der Waals surface area contributed by atoms with Crippen molar-refractivity contribution >= 4 is 15.9 Å². The molecule has 1 fully saturated rings. The van der Waals surface area contributed by atoms with Gasteiger partial charge in [0.05, 0.1) is 6.10 Å². The van der Waals surface area contributed by atoms with E-state index < -0.39 is 0 Å². The lowest BCUT2D eigenvalue weighted by Crippen LogP contribution is -2.38. The molecule has 0 bridgehead atoms. The number of alkyl halides is 1. The molecule has 1 aliphatic rings. The van der Waals surface area contributed by atoms with Crippen LogP contribution in [0, 0.1) is 11.3 Å². The highest BCUT2D eigenvalue weighted by Gasteiger charge is 2.36. The Hall–Kier alpha value is 0.440. The zero-order valence-electron chi connectivity index (χ0n) is 8.98. The van der Waals surface area contributed by atoms with E-state index in [-0.39, 0.29) is 0 Å². The van der Waals surface area contributed by atoms with E-state index in [2.05, 4.69) is 29.8 Å². The summed E-state index contributed by atoms with van der Waals surface area (Å²) in [7, 11) is 1.85. The highest BCUT2D eigenvalue weighted by atomic mass is 79.9. The minimum atomic E-state index is 0.376. The third-order valence-corrected chi connectivity index (χ3v) is 4.80. The zero-order valence-corrected chi connectivity index (χ0v) is 10.6. The van der Waals surface area contributed by atoms with Crippen molar-refractivity contribution in [2.45, 2.75) is 45.6 Å². The fraction of sp³-hybridized carbons (Fsp3) is 1.00. The van der Waals surface area contributed by atoms with Crippen molar-refractivity contribution in [1.82, 2.24) is 0 Å². The van der Waals surface area contributed by atoms with Gasteiger partial charge in [-0.15, -0.1) is 0 Å². The number of ether oxygens (including phenoxy) is 1. The first kappa shape index (κ1) is 11.5. The van der Waals surface area contributed by atoms with Crippen molar-refractivity contribution < 1.29 is 4.74 Å². The molecule has 0 spiro atoms. The third-order valence-electron chi connectivity index (χ3n) is 3.35. The lowest BCUT2D eigenvalue weighted by Gasteiger charge is -2.40. The highest BCUT2D eigenvalue weighted by Crippen LogP contribution is 2.40. The Bertz CT molecular complexity index is 156. The average Bonchev–Trinajstić information content (AvgIpc) is 2.18. The van der Waals surface area contributed by atoms with Gasteiger partial charge in [0, 0.05) is 12.4 Å². The van der Waals surface area contributed by atoms with Gasteiger partial charge in [0.25, 0.3) is 0 Å². The van der Waals surface area contributed by atoms with Crippen LogP contribution in [0.2, 0.25) is 0 Å². The monoisotopic (exact) mass is 248 g/mol. The molecule has 1 rings (SSSR count). The van der Waals surface area contributed by atoms with Crippen LogP contribution in [0.3, 0.4) is 0 Å². The molecule has 0 amide bonds. The Balaban J connectivity index is 2.63. The van der Waals surface area contributed by atoms with Crippen LogP contribution in [0.4, 0.5) is 0 Å². The number of hydrogen-bond acceptors (Lipinski definition) is 1. The normalized spacial score (nSPS) is 30.5. The van der Waals surface area contributed by atoms with E-state index in [0.717, 1.165) is 11.2 Å². The SMILES string of the molecule is COC1CCCCC1C(C)(C)CBr. The largest absolute Gasteiger partial charge is 0.381 e. The predicted octanol–water partition coefficient (Wildman–Crippen LogP) is 3.61. The second kappa shape index (κ2) is 4.79. The first-order valence-corrected chi connectivity index (χ1v) is 6.32. The number of rotatable bonds is 3. The maximum absolute atomic E-state index is 5.57. The van der Waals surface area contributed by atoms with Gasteiger partial charge in [0.15, 0.2) is 0 Å². The molecule has 2 heteroatoms. The molecular weight excluding hydrogens is 228 g/mol. The van der Waals surface area contributed by atoms with E-state index in [1.807, 2.05) is 7.11 Å². The molecule has 1 nitrogen and oxygen atoms in total. The molecule has 0 aromatic carbocycles. The number of halogens is 1. The third kappa shape index (κ3) is 2.69. The Morgan fingerprint density at radius 3 is 2.46 bits per heavy atom. The van der Waals surface area contributed by atoms with Gasteiger partial charge in [-0.2, -0.15) is 0 Å². The van der Waals surface area contributed by atoms with Crippen molar-refractivity contribution in [3.63, 3.8) is 0 Å². The molecule has 1 saturated carbocycles. The van der Waals surface area contributed by atoms with Gasteiger partial charge >= 0.3 is 0 Å². The summed E-state index contributed by atoms with van der Waals surface area (Å²) >= 11 is 3.61. The van der Waals surface area contributed by atoms with Gasteiger partial charge in [-0.3, -0.25) is 0 Å². The Morgan fingerprint density at radius 1 is 1.31 bits per heavy atom. The molecule has 0 heterocycles. The molecule has 0 aliphatic heterocycles. The molecule has 2 atom stereocenters. The van der Waals surface area contributed by atoms with E-state index in [1.54, 1.807) is 0 Å². The fourth-order valence-corrected chi connectivity index (χ4v) is 2.79. The van der Waals surface area contributed by atoms with E-state index in [4.69, 9.17) is 4.74 Å². The highest BCUT2D eigenvalue weighted by molar-refractivity contribution is 9.09. The van der Waals surface area contributed by atoms with E-state index in [0.29, 0.717) is 11.5 Å². The summed E-state index contributed by atoms with van der Waals surface area (Å²) in [6.45, 7) is 4.67. The molecule has 0 radical (unpaired) electrons. The van der Waals surface area contributed by atoms with Crippen molar-refractivity contribution in [3.8, 4) is 0 Å². The molecule has 2 unspecified atom stereocenters. The van der Waals surface area contributed by atoms with Crippen LogP contribution in [0.25, 0.3) is 0 Å². The summed E-state index contributed by atoms with van der Waals surface area (Å²) in [6.07, 6.45) is 5.78. The van der Waals surface area contributed by atoms with Gasteiger partial charge in [0.1, 0.15) is 0 Å². The lowest BCUT2D eigenvalue weighted by molar-refractivity contribution is -0.0199. The second-order valence-corrected chi connectivity index (χ2v) is 5.35. The molecule has 1 aliphatic carbocycles. The van der Waals surface area contributed by atoms with Gasteiger partial charge in [-0.25, -0.2) is 0 Å². The smallest absolute Gasteiger partial charge is 0.0604 e. The summed E-state index contributed by atoms with van der Waals surface area (Å²) in [4.78, 5) is 0. The summed E-state index contributed by atoms with van der Waals surface area (Å²) < 4.78 is 5.57. The van der Waals surface area contributed by atoms with Gasteiger partial charge in [-0.1, -0.05) is 42.6 Å². The van der Waals surface area contributed by atoms with Crippen LogP contribution in [0.1, 0.15) is 39.5 Å². The molecule has 13 heavy (non-hydrogen) atoms. The zero-order chi connectivity index (χ0) is 9.90. The Morgan fingerprint density at radius 2 is 1.92 bits per heavy atom. The number of hydrogen-bond donors (Lipinski definition) is 0. The van der Waals surface area contributed by atoms with Crippen LogP contribution < -0.4 is 0 Å². The standard InChI is InChI=1S/C11H21BrO/c1-11(2,8-12)9-6-4-5-7-10(9)13-3/h9-10H,4-8H2,1-3H3. The van der Waals surface area contributed by atoms with Gasteiger partial charge in [0.2, 0.25) is 0 Å². The first-order chi connectivity index (χ1) is 6.11. The fourth-order valence-electron chi connectivity index (χ4n) is 2.37. The molecular formula is C11H21BrO. The van der Waals surface area contributed by atoms with Crippen LogP contribution in [-0.4, -0.2) is 18.5 Å². The topological polar surface area (TPSA) is 9.23 Å². The first-order valence-electron chi connectivity index (χ1n) is 5.20. The summed E-state index contributed by atoms with van der Waals surface area (Å²) in [5, 5.41) is 1.07. The Labute approximate surface area is 90.4 Å². The van der Waals surface area contributed by atoms with Crippen LogP contribution in [0.15, 0.2) is 0 Å². The minimum Gasteiger partial charge on any atom is -0.381 e. The van der Waals surface area contributed by atoms with Crippen LogP contribution >= 0.6 is 15.9 Å². The van der Waals surface area contributed by atoms with Crippen LogP contribution in [-0.2, 0) is 4.74 Å². The minimum absolute atomic E-state index is 0.376. The van der Waals surface area contributed by atoms with Gasteiger partial charge in [-0.05, 0) is 24.2 Å². The van der Waals surface area contributed by atoms with E-state index in [9.17, 15) is 0 Å². The maximum atomic E-state index is 5.57. The summed E-state index contributed by atoms with van der Waals surface area (Å²) in [5.41, 5.74) is 0.376. The van der Waals surface area contributed by atoms with Crippen molar-refractivity contribution in [1.29, 1.82) is 0 Å². The average molecular weight is 249 g/mol. The van der Waals surface area contributed by atoms with Crippen LogP contribution in [0.5, 0.6) is 0 Å². The summed E-state index contributed by atoms with van der Waals surface area (Å²) in [6, 6.07) is 0. The predicted molar refractivity (Wildman–Crippen MR) is 60.3 cm³/mol. The lowest BCUT2D eigenvalue weighted by atomic mass is 9.70. The Kier molecular flexibility index (Phi) is 4.24. The molecule has 0 aromatic heterocycles. The molecule has 78 valence electrons. The van der Waals surface area contributed by atoms with E-state index in [1.165, 1.54) is 25.7 Å². The molecule has 0 N–H and O–H groups in total.